The number of nitrogens with zero attached hydrogens (tertiary/aromatic N) is 3. The third-order valence-corrected chi connectivity index (χ3v) is 4.46. The molecule has 0 aliphatic rings. The van der Waals surface area contributed by atoms with Crippen molar-refractivity contribution in [1.82, 2.24) is 15.3 Å². The average Bonchev–Trinajstić information content (AvgIpc) is 3.18. The SMILES string of the molecule is CCNC(=O)COc1ccc(/C=N\Nc2ncnc3c2oc2ccccc23)cc1OC. The van der Waals surface area contributed by atoms with E-state index in [4.69, 9.17) is 13.9 Å². The van der Waals surface area contributed by atoms with E-state index in [1.54, 1.807) is 24.4 Å². The highest BCUT2D eigenvalue weighted by Gasteiger charge is 2.12. The number of likely N-dealkylation sites (N-methyl/N-ethyl adjacent to an activating group) is 1. The van der Waals surface area contributed by atoms with Gasteiger partial charge in [0.2, 0.25) is 0 Å². The van der Waals surface area contributed by atoms with Crippen LogP contribution in [0, 0.1) is 0 Å². The molecule has 4 aromatic rings. The topological polar surface area (TPSA) is 111 Å². The van der Waals surface area contributed by atoms with Crippen LogP contribution in [-0.4, -0.2) is 42.4 Å². The summed E-state index contributed by atoms with van der Waals surface area (Å²) in [6.45, 7) is 2.32. The quantitative estimate of drug-likeness (QED) is 0.333. The molecule has 0 spiro atoms. The van der Waals surface area contributed by atoms with Gasteiger partial charge in [0.05, 0.1) is 13.3 Å². The minimum atomic E-state index is -0.193. The van der Waals surface area contributed by atoms with Crippen LogP contribution in [0.25, 0.3) is 22.1 Å². The molecule has 0 unspecified atom stereocenters. The Balaban J connectivity index is 1.49. The van der Waals surface area contributed by atoms with Crippen molar-refractivity contribution in [2.24, 2.45) is 5.10 Å². The molecule has 2 N–H and O–H groups in total. The molecule has 0 aliphatic carbocycles. The van der Waals surface area contributed by atoms with Gasteiger partial charge in [-0.1, -0.05) is 12.1 Å². The summed E-state index contributed by atoms with van der Waals surface area (Å²) in [6.07, 6.45) is 3.08. The number of fused-ring (bicyclic) bond motifs is 3. The van der Waals surface area contributed by atoms with Crippen LogP contribution in [0.2, 0.25) is 0 Å². The molecule has 2 aromatic heterocycles. The maximum atomic E-state index is 11.6. The minimum Gasteiger partial charge on any atom is -0.493 e. The first-order chi connectivity index (χ1) is 15.2. The summed E-state index contributed by atoms with van der Waals surface area (Å²) in [7, 11) is 1.53. The van der Waals surface area contributed by atoms with Gasteiger partial charge in [-0.15, -0.1) is 0 Å². The summed E-state index contributed by atoms with van der Waals surface area (Å²) >= 11 is 0. The number of carbonyl (C=O) groups excluding carboxylic acids is 1. The van der Waals surface area contributed by atoms with Gasteiger partial charge in [0.15, 0.2) is 29.5 Å². The van der Waals surface area contributed by atoms with Crippen LogP contribution in [0.3, 0.4) is 0 Å². The Bertz CT molecular complexity index is 1250. The maximum Gasteiger partial charge on any atom is 0.257 e. The first-order valence-electron chi connectivity index (χ1n) is 9.68. The molecule has 2 heterocycles. The van der Waals surface area contributed by atoms with Gasteiger partial charge in [-0.2, -0.15) is 5.10 Å². The van der Waals surface area contributed by atoms with Gasteiger partial charge >= 0.3 is 0 Å². The highest BCUT2D eigenvalue weighted by Crippen LogP contribution is 2.30. The summed E-state index contributed by atoms with van der Waals surface area (Å²) in [5.74, 6) is 1.24. The minimum absolute atomic E-state index is 0.0829. The fourth-order valence-electron chi connectivity index (χ4n) is 3.05. The van der Waals surface area contributed by atoms with E-state index in [0.717, 1.165) is 22.0 Å². The Morgan fingerprint density at radius 1 is 1.19 bits per heavy atom. The fourth-order valence-corrected chi connectivity index (χ4v) is 3.05. The molecule has 2 aromatic carbocycles. The predicted molar refractivity (Wildman–Crippen MR) is 118 cm³/mol. The number of para-hydroxylation sites is 1. The van der Waals surface area contributed by atoms with Crippen LogP contribution in [0.5, 0.6) is 11.5 Å². The van der Waals surface area contributed by atoms with Crippen LogP contribution in [0.4, 0.5) is 5.82 Å². The molecular formula is C22H21N5O4. The van der Waals surface area contributed by atoms with Crippen LogP contribution < -0.4 is 20.2 Å². The van der Waals surface area contributed by atoms with Crippen molar-refractivity contribution in [3.8, 4) is 11.5 Å². The highest BCUT2D eigenvalue weighted by molar-refractivity contribution is 6.05. The predicted octanol–water partition coefficient (Wildman–Crippen LogP) is 3.35. The molecule has 4 rings (SSSR count). The highest BCUT2D eigenvalue weighted by atomic mass is 16.5. The molecular weight excluding hydrogens is 398 g/mol. The molecule has 158 valence electrons. The standard InChI is InChI=1S/C22H21N5O4/c1-3-23-19(28)12-30-17-9-8-14(10-18(17)29-2)11-26-27-22-21-20(24-13-25-22)15-6-4-5-7-16(15)31-21/h4-11,13H,3,12H2,1-2H3,(H,23,28)(H,24,25,27)/b26-11-. The third-order valence-electron chi connectivity index (χ3n) is 4.46. The second-order valence-electron chi connectivity index (χ2n) is 6.52. The van der Waals surface area contributed by atoms with Crippen molar-refractivity contribution in [3.05, 3.63) is 54.4 Å². The maximum absolute atomic E-state index is 11.6. The van der Waals surface area contributed by atoms with E-state index < -0.39 is 0 Å². The summed E-state index contributed by atoms with van der Waals surface area (Å²) in [5.41, 5.74) is 5.66. The number of carbonyl (C=O) groups is 1. The molecule has 1 amide bonds. The lowest BCUT2D eigenvalue weighted by Crippen LogP contribution is -2.28. The number of ether oxygens (including phenoxy) is 2. The van der Waals surface area contributed by atoms with E-state index in [2.05, 4.69) is 25.8 Å². The number of hydrogen-bond acceptors (Lipinski definition) is 8. The van der Waals surface area contributed by atoms with Gasteiger partial charge in [0, 0.05) is 11.9 Å². The van der Waals surface area contributed by atoms with Crippen molar-refractivity contribution in [2.45, 2.75) is 6.92 Å². The molecule has 31 heavy (non-hydrogen) atoms. The molecule has 0 radical (unpaired) electrons. The van der Waals surface area contributed by atoms with Gasteiger partial charge in [-0.25, -0.2) is 9.97 Å². The van der Waals surface area contributed by atoms with E-state index in [1.807, 2.05) is 31.2 Å². The van der Waals surface area contributed by atoms with Crippen LogP contribution in [-0.2, 0) is 4.79 Å². The average molecular weight is 419 g/mol. The number of hydrogen-bond donors (Lipinski definition) is 2. The Kier molecular flexibility index (Phi) is 5.93. The van der Waals surface area contributed by atoms with Crippen molar-refractivity contribution in [2.75, 3.05) is 25.7 Å². The summed E-state index contributed by atoms with van der Waals surface area (Å²) in [6, 6.07) is 12.9. The summed E-state index contributed by atoms with van der Waals surface area (Å²) in [4.78, 5) is 20.1. The van der Waals surface area contributed by atoms with Crippen molar-refractivity contribution < 1.29 is 18.7 Å². The zero-order valence-electron chi connectivity index (χ0n) is 17.1. The van der Waals surface area contributed by atoms with Crippen LogP contribution in [0.15, 0.2) is 58.3 Å². The fraction of sp³-hybridized carbons (Fsp3) is 0.182. The number of rotatable bonds is 8. The lowest BCUT2D eigenvalue weighted by molar-refractivity contribution is -0.123. The monoisotopic (exact) mass is 419 g/mol. The summed E-state index contributed by atoms with van der Waals surface area (Å²) in [5, 5.41) is 7.84. The Morgan fingerprint density at radius 3 is 2.90 bits per heavy atom. The smallest absolute Gasteiger partial charge is 0.257 e. The molecule has 0 saturated heterocycles. The molecule has 9 heteroatoms. The zero-order valence-corrected chi connectivity index (χ0v) is 17.1. The van der Waals surface area contributed by atoms with Crippen molar-refractivity contribution >= 4 is 40.0 Å². The number of hydrazone groups is 1. The van der Waals surface area contributed by atoms with E-state index in [9.17, 15) is 4.79 Å². The first-order valence-corrected chi connectivity index (χ1v) is 9.68. The Morgan fingerprint density at radius 2 is 2.06 bits per heavy atom. The van der Waals surface area contributed by atoms with E-state index in [-0.39, 0.29) is 12.5 Å². The zero-order chi connectivity index (χ0) is 21.6. The van der Waals surface area contributed by atoms with Crippen LogP contribution in [0.1, 0.15) is 12.5 Å². The second-order valence-corrected chi connectivity index (χ2v) is 6.52. The van der Waals surface area contributed by atoms with Gasteiger partial charge in [-0.05, 0) is 42.8 Å². The molecule has 0 bridgehead atoms. The Hall–Kier alpha value is -4.14. The summed E-state index contributed by atoms with van der Waals surface area (Å²) < 4.78 is 16.8. The van der Waals surface area contributed by atoms with Gasteiger partial charge in [0.1, 0.15) is 17.4 Å². The normalized spacial score (nSPS) is 11.2. The largest absolute Gasteiger partial charge is 0.493 e. The third kappa shape index (κ3) is 4.40. The number of benzene rings is 2. The molecule has 0 saturated carbocycles. The number of anilines is 1. The number of nitrogens with one attached hydrogen (secondary N) is 2. The number of amides is 1. The van der Waals surface area contributed by atoms with Gasteiger partial charge < -0.3 is 19.2 Å². The molecule has 0 aliphatic heterocycles. The van der Waals surface area contributed by atoms with Crippen LogP contribution >= 0.6 is 0 Å². The first kappa shape index (κ1) is 20.1. The van der Waals surface area contributed by atoms with Gasteiger partial charge in [0.25, 0.3) is 5.91 Å². The molecule has 0 fully saturated rings. The van der Waals surface area contributed by atoms with Gasteiger partial charge in [-0.3, -0.25) is 10.2 Å². The van der Waals surface area contributed by atoms with E-state index in [1.165, 1.54) is 13.4 Å². The number of methoxy groups -OCH3 is 1. The number of furan rings is 1. The lowest BCUT2D eigenvalue weighted by atomic mass is 10.2. The molecule has 0 atom stereocenters. The molecule has 9 nitrogen and oxygen atoms in total. The van der Waals surface area contributed by atoms with E-state index >= 15 is 0 Å². The van der Waals surface area contributed by atoms with E-state index in [0.29, 0.717) is 29.4 Å². The van der Waals surface area contributed by atoms with Crippen molar-refractivity contribution in [3.63, 3.8) is 0 Å². The number of aromatic nitrogens is 2. The van der Waals surface area contributed by atoms with Crippen molar-refractivity contribution in [1.29, 1.82) is 0 Å². The second kappa shape index (κ2) is 9.12. The Labute approximate surface area is 178 Å². The lowest BCUT2D eigenvalue weighted by Gasteiger charge is -2.11.